The minimum absolute atomic E-state index is 0.0991. The van der Waals surface area contributed by atoms with Crippen molar-refractivity contribution in [1.29, 1.82) is 0 Å². The lowest BCUT2D eigenvalue weighted by atomic mass is 10.2. The first kappa shape index (κ1) is 20.2. The van der Waals surface area contributed by atoms with Crippen LogP contribution in [0.4, 0.5) is 5.69 Å². The Balaban J connectivity index is 1.45. The van der Waals surface area contributed by atoms with E-state index in [0.29, 0.717) is 37.0 Å². The van der Waals surface area contributed by atoms with Crippen LogP contribution >= 0.6 is 11.6 Å². The maximum atomic E-state index is 12.8. The van der Waals surface area contributed by atoms with E-state index in [1.807, 2.05) is 44.2 Å². The number of carbonyl (C=O) groups is 1. The van der Waals surface area contributed by atoms with Gasteiger partial charge in [0.25, 0.3) is 5.56 Å². The van der Waals surface area contributed by atoms with E-state index >= 15 is 0 Å². The quantitative estimate of drug-likeness (QED) is 0.638. The lowest BCUT2D eigenvalue weighted by Gasteiger charge is -2.36. The number of aryl methyl sites for hydroxylation is 2. The predicted octanol–water partition coefficient (Wildman–Crippen LogP) is 2.05. The molecule has 4 rings (SSSR count). The Labute approximate surface area is 179 Å². The monoisotopic (exact) mass is 426 g/mol. The third-order valence-electron chi connectivity index (χ3n) is 5.19. The van der Waals surface area contributed by atoms with Crippen LogP contribution in [0.15, 0.2) is 47.3 Å². The van der Waals surface area contributed by atoms with Crippen molar-refractivity contribution in [2.45, 2.75) is 20.4 Å². The van der Waals surface area contributed by atoms with E-state index in [9.17, 15) is 9.59 Å². The number of carbonyl (C=O) groups excluding carboxylic acids is 1. The molecule has 9 heteroatoms. The minimum Gasteiger partial charge on any atom is -0.367 e. The molecule has 0 spiro atoms. The van der Waals surface area contributed by atoms with Crippen molar-refractivity contribution in [2.24, 2.45) is 0 Å². The zero-order chi connectivity index (χ0) is 21.3. The van der Waals surface area contributed by atoms with Gasteiger partial charge in [0.2, 0.25) is 5.91 Å². The van der Waals surface area contributed by atoms with E-state index < -0.39 is 0 Å². The second-order valence-corrected chi connectivity index (χ2v) is 7.75. The highest BCUT2D eigenvalue weighted by atomic mass is 35.5. The van der Waals surface area contributed by atoms with Crippen LogP contribution in [0, 0.1) is 13.8 Å². The lowest BCUT2D eigenvalue weighted by Crippen LogP contribution is -2.50. The number of nitrogens with zero attached hydrogens (tertiary/aromatic N) is 6. The molecule has 3 aromatic rings. The highest BCUT2D eigenvalue weighted by molar-refractivity contribution is 6.33. The SMILES string of the molecule is Cc1cc(C)n(-c2ccc(=O)n(CC(=O)N3CCN(c4ccccc4Cl)CC3)n2)n1. The maximum Gasteiger partial charge on any atom is 0.267 e. The molecule has 1 fully saturated rings. The van der Waals surface area contributed by atoms with Crippen molar-refractivity contribution in [3.63, 3.8) is 0 Å². The van der Waals surface area contributed by atoms with E-state index in [4.69, 9.17) is 11.6 Å². The van der Waals surface area contributed by atoms with Crippen molar-refractivity contribution >= 4 is 23.2 Å². The normalized spacial score (nSPS) is 14.2. The molecule has 1 aliphatic heterocycles. The summed E-state index contributed by atoms with van der Waals surface area (Å²) in [7, 11) is 0. The van der Waals surface area contributed by atoms with E-state index in [2.05, 4.69) is 15.1 Å². The number of hydrogen-bond acceptors (Lipinski definition) is 5. The van der Waals surface area contributed by atoms with Gasteiger partial charge in [0, 0.05) is 37.9 Å². The van der Waals surface area contributed by atoms with Gasteiger partial charge in [-0.05, 0) is 38.1 Å². The Morgan fingerprint density at radius 1 is 1.03 bits per heavy atom. The summed E-state index contributed by atoms with van der Waals surface area (Å²) in [6.45, 7) is 6.21. The van der Waals surface area contributed by atoms with Crippen molar-refractivity contribution in [1.82, 2.24) is 24.5 Å². The summed E-state index contributed by atoms with van der Waals surface area (Å²) in [4.78, 5) is 29.0. The molecule has 1 aromatic carbocycles. The number of aromatic nitrogens is 4. The van der Waals surface area contributed by atoms with Gasteiger partial charge in [-0.15, -0.1) is 5.10 Å². The Morgan fingerprint density at radius 3 is 2.43 bits per heavy atom. The number of halogens is 1. The summed E-state index contributed by atoms with van der Waals surface area (Å²) >= 11 is 6.28. The number of hydrogen-bond donors (Lipinski definition) is 0. The molecule has 30 heavy (non-hydrogen) atoms. The first-order chi connectivity index (χ1) is 14.4. The zero-order valence-electron chi connectivity index (χ0n) is 17.0. The van der Waals surface area contributed by atoms with Gasteiger partial charge in [-0.2, -0.15) is 5.10 Å². The third kappa shape index (κ3) is 4.09. The van der Waals surface area contributed by atoms with Gasteiger partial charge in [0.15, 0.2) is 5.82 Å². The largest absolute Gasteiger partial charge is 0.367 e. The standard InChI is InChI=1S/C21H23ClN6O2/c1-15-13-16(2)28(23-15)19-7-8-20(29)27(24-19)14-21(30)26-11-9-25(10-12-26)18-6-4-3-5-17(18)22/h3-8,13H,9-12,14H2,1-2H3. The van der Waals surface area contributed by atoms with Gasteiger partial charge in [0.1, 0.15) is 6.54 Å². The fourth-order valence-electron chi connectivity index (χ4n) is 3.66. The molecule has 0 radical (unpaired) electrons. The van der Waals surface area contributed by atoms with E-state index in [1.54, 1.807) is 15.6 Å². The van der Waals surface area contributed by atoms with Crippen molar-refractivity contribution in [3.8, 4) is 5.82 Å². The van der Waals surface area contributed by atoms with Crippen LogP contribution in [-0.2, 0) is 11.3 Å². The van der Waals surface area contributed by atoms with Crippen LogP contribution < -0.4 is 10.5 Å². The highest BCUT2D eigenvalue weighted by Gasteiger charge is 2.23. The molecular weight excluding hydrogens is 404 g/mol. The van der Waals surface area contributed by atoms with Crippen LogP contribution in [0.2, 0.25) is 5.02 Å². The number of amides is 1. The molecule has 1 amide bonds. The summed E-state index contributed by atoms with van der Waals surface area (Å²) in [6.07, 6.45) is 0. The maximum absolute atomic E-state index is 12.8. The second-order valence-electron chi connectivity index (χ2n) is 7.35. The van der Waals surface area contributed by atoms with Crippen LogP contribution in [0.5, 0.6) is 0 Å². The molecule has 0 saturated carbocycles. The van der Waals surface area contributed by atoms with Gasteiger partial charge in [0.05, 0.1) is 16.4 Å². The molecule has 156 valence electrons. The van der Waals surface area contributed by atoms with Crippen LogP contribution in [0.1, 0.15) is 11.4 Å². The minimum atomic E-state index is -0.316. The summed E-state index contributed by atoms with van der Waals surface area (Å²) in [5.41, 5.74) is 2.43. The molecule has 1 aliphatic rings. The summed E-state index contributed by atoms with van der Waals surface area (Å²) in [5.74, 6) is 0.380. The van der Waals surface area contributed by atoms with Crippen molar-refractivity contribution < 1.29 is 4.79 Å². The first-order valence-corrected chi connectivity index (χ1v) is 10.2. The Morgan fingerprint density at radius 2 is 1.77 bits per heavy atom. The molecule has 0 bridgehead atoms. The molecular formula is C21H23ClN6O2. The molecule has 0 unspecified atom stereocenters. The number of benzene rings is 1. The highest BCUT2D eigenvalue weighted by Crippen LogP contribution is 2.26. The number of anilines is 1. The van der Waals surface area contributed by atoms with E-state index in [1.165, 1.54) is 10.7 Å². The van der Waals surface area contributed by atoms with E-state index in [-0.39, 0.29) is 18.0 Å². The molecule has 2 aromatic heterocycles. The predicted molar refractivity (Wildman–Crippen MR) is 115 cm³/mol. The van der Waals surface area contributed by atoms with Crippen LogP contribution in [0.3, 0.4) is 0 Å². The summed E-state index contributed by atoms with van der Waals surface area (Å²) < 4.78 is 2.87. The number of para-hydroxylation sites is 1. The smallest absolute Gasteiger partial charge is 0.267 e. The fourth-order valence-corrected chi connectivity index (χ4v) is 3.91. The topological polar surface area (TPSA) is 76.3 Å². The molecule has 0 N–H and O–H groups in total. The fraction of sp³-hybridized carbons (Fsp3) is 0.333. The van der Waals surface area contributed by atoms with Crippen molar-refractivity contribution in [3.05, 3.63) is 69.2 Å². The molecule has 0 aliphatic carbocycles. The number of piperazine rings is 1. The number of rotatable bonds is 4. The van der Waals surface area contributed by atoms with Gasteiger partial charge in [-0.25, -0.2) is 9.36 Å². The molecule has 3 heterocycles. The molecule has 0 atom stereocenters. The van der Waals surface area contributed by atoms with E-state index in [0.717, 1.165) is 17.1 Å². The Hall–Kier alpha value is -3.13. The Kier molecular flexibility index (Phi) is 5.59. The van der Waals surface area contributed by atoms with Crippen LogP contribution in [-0.4, -0.2) is 56.5 Å². The van der Waals surface area contributed by atoms with Gasteiger partial charge >= 0.3 is 0 Å². The van der Waals surface area contributed by atoms with Gasteiger partial charge in [-0.1, -0.05) is 23.7 Å². The van der Waals surface area contributed by atoms with Crippen molar-refractivity contribution in [2.75, 3.05) is 31.1 Å². The lowest BCUT2D eigenvalue weighted by molar-refractivity contribution is -0.132. The first-order valence-electron chi connectivity index (χ1n) is 9.81. The summed E-state index contributed by atoms with van der Waals surface area (Å²) in [6, 6.07) is 12.7. The second kappa shape index (κ2) is 8.31. The average molecular weight is 427 g/mol. The summed E-state index contributed by atoms with van der Waals surface area (Å²) in [5, 5.41) is 9.45. The molecule has 1 saturated heterocycles. The van der Waals surface area contributed by atoms with Gasteiger partial charge < -0.3 is 9.80 Å². The average Bonchev–Trinajstić information content (AvgIpc) is 3.08. The third-order valence-corrected chi connectivity index (χ3v) is 5.51. The van der Waals surface area contributed by atoms with Gasteiger partial charge in [-0.3, -0.25) is 9.59 Å². The zero-order valence-corrected chi connectivity index (χ0v) is 17.7. The molecule has 8 nitrogen and oxygen atoms in total. The Bertz CT molecular complexity index is 1130. The van der Waals surface area contributed by atoms with Crippen LogP contribution in [0.25, 0.3) is 5.82 Å².